The van der Waals surface area contributed by atoms with E-state index in [1.54, 1.807) is 21.0 Å². The Bertz CT molecular complexity index is 1420. The van der Waals surface area contributed by atoms with Crippen molar-refractivity contribution in [2.45, 2.75) is 51.7 Å². The SMILES string of the molecule is CCn1nc(C)c2nc(SCc3cc(C)ccc3C)n(Cc3ccc4c(c3)OCO4)c(=O)c21. The summed E-state index contributed by atoms with van der Waals surface area (Å²) in [4.78, 5) is 18.6. The average molecular weight is 463 g/mol. The highest BCUT2D eigenvalue weighted by Crippen LogP contribution is 2.33. The molecule has 0 bridgehead atoms. The van der Waals surface area contributed by atoms with Gasteiger partial charge in [0.25, 0.3) is 5.56 Å². The Labute approximate surface area is 196 Å². The first-order chi connectivity index (χ1) is 15.9. The van der Waals surface area contributed by atoms with Crippen molar-refractivity contribution >= 4 is 22.8 Å². The van der Waals surface area contributed by atoms with Crippen LogP contribution < -0.4 is 15.0 Å². The Morgan fingerprint density at radius 3 is 2.70 bits per heavy atom. The minimum Gasteiger partial charge on any atom is -0.454 e. The number of ether oxygens (including phenoxy) is 2. The van der Waals surface area contributed by atoms with Gasteiger partial charge in [-0.2, -0.15) is 5.10 Å². The molecule has 0 radical (unpaired) electrons. The number of thioether (sulfide) groups is 1. The third-order valence-electron chi connectivity index (χ3n) is 5.92. The normalized spacial score (nSPS) is 12.6. The number of benzene rings is 2. The van der Waals surface area contributed by atoms with Crippen LogP contribution in [0.5, 0.6) is 11.5 Å². The van der Waals surface area contributed by atoms with E-state index in [1.807, 2.05) is 32.0 Å². The van der Waals surface area contributed by atoms with Crippen molar-refractivity contribution in [2.75, 3.05) is 6.79 Å². The van der Waals surface area contributed by atoms with Gasteiger partial charge in [0.05, 0.1) is 12.2 Å². The van der Waals surface area contributed by atoms with Crippen LogP contribution in [0.3, 0.4) is 0 Å². The van der Waals surface area contributed by atoms with E-state index >= 15 is 0 Å². The number of fused-ring (bicyclic) bond motifs is 2. The highest BCUT2D eigenvalue weighted by Gasteiger charge is 2.20. The van der Waals surface area contributed by atoms with E-state index in [4.69, 9.17) is 14.5 Å². The van der Waals surface area contributed by atoms with Gasteiger partial charge < -0.3 is 9.47 Å². The smallest absolute Gasteiger partial charge is 0.280 e. The fourth-order valence-corrected chi connectivity index (χ4v) is 5.14. The molecule has 0 unspecified atom stereocenters. The number of nitrogens with zero attached hydrogens (tertiary/aromatic N) is 4. The first-order valence-corrected chi connectivity index (χ1v) is 12.0. The highest BCUT2D eigenvalue weighted by molar-refractivity contribution is 7.98. The van der Waals surface area contributed by atoms with Gasteiger partial charge in [-0.05, 0) is 56.5 Å². The maximum absolute atomic E-state index is 13.7. The van der Waals surface area contributed by atoms with Crippen molar-refractivity contribution in [3.63, 3.8) is 0 Å². The molecule has 8 heteroatoms. The van der Waals surface area contributed by atoms with Crippen LogP contribution in [0.4, 0.5) is 0 Å². The Kier molecular flexibility index (Phi) is 5.62. The third kappa shape index (κ3) is 3.99. The summed E-state index contributed by atoms with van der Waals surface area (Å²) in [6, 6.07) is 12.2. The molecule has 4 aromatic rings. The largest absolute Gasteiger partial charge is 0.454 e. The van der Waals surface area contributed by atoms with Crippen molar-refractivity contribution in [3.05, 3.63) is 74.7 Å². The molecule has 0 N–H and O–H groups in total. The number of rotatable bonds is 6. The molecule has 3 heterocycles. The Hall–Kier alpha value is -3.26. The molecule has 0 fully saturated rings. The van der Waals surface area contributed by atoms with Gasteiger partial charge in [0, 0.05) is 12.3 Å². The first kappa shape index (κ1) is 21.6. The summed E-state index contributed by atoms with van der Waals surface area (Å²) in [6.45, 7) is 9.32. The van der Waals surface area contributed by atoms with Crippen molar-refractivity contribution < 1.29 is 9.47 Å². The Morgan fingerprint density at radius 1 is 1.06 bits per heavy atom. The number of aromatic nitrogens is 4. The summed E-state index contributed by atoms with van der Waals surface area (Å²) in [5.41, 5.74) is 6.56. The van der Waals surface area contributed by atoms with Crippen molar-refractivity contribution in [3.8, 4) is 11.5 Å². The summed E-state index contributed by atoms with van der Waals surface area (Å²) < 4.78 is 14.5. The number of hydrogen-bond acceptors (Lipinski definition) is 6. The molecule has 33 heavy (non-hydrogen) atoms. The maximum atomic E-state index is 13.7. The van der Waals surface area contributed by atoms with Crippen LogP contribution in [0.15, 0.2) is 46.3 Å². The van der Waals surface area contributed by atoms with E-state index < -0.39 is 0 Å². The molecule has 0 amide bonds. The van der Waals surface area contributed by atoms with Gasteiger partial charge in [-0.15, -0.1) is 0 Å². The lowest BCUT2D eigenvalue weighted by Crippen LogP contribution is -2.25. The predicted molar refractivity (Wildman–Crippen MR) is 129 cm³/mol. The average Bonchev–Trinajstić information content (AvgIpc) is 3.40. The molecular formula is C25H26N4O3S. The second-order valence-electron chi connectivity index (χ2n) is 8.29. The summed E-state index contributed by atoms with van der Waals surface area (Å²) in [6.07, 6.45) is 0. The van der Waals surface area contributed by atoms with Crippen LogP contribution in [0, 0.1) is 20.8 Å². The van der Waals surface area contributed by atoms with Gasteiger partial charge in [-0.3, -0.25) is 14.0 Å². The van der Waals surface area contributed by atoms with Crippen LogP contribution in [-0.2, 0) is 18.8 Å². The molecule has 1 aliphatic heterocycles. The van der Waals surface area contributed by atoms with E-state index in [2.05, 4.69) is 37.1 Å². The molecule has 0 saturated heterocycles. The lowest BCUT2D eigenvalue weighted by Gasteiger charge is -2.14. The fraction of sp³-hybridized carbons (Fsp3) is 0.320. The summed E-state index contributed by atoms with van der Waals surface area (Å²) in [5.74, 6) is 2.16. The van der Waals surface area contributed by atoms with E-state index in [1.165, 1.54) is 16.7 Å². The minimum atomic E-state index is -0.0800. The van der Waals surface area contributed by atoms with E-state index in [9.17, 15) is 4.79 Å². The van der Waals surface area contributed by atoms with Gasteiger partial charge in [0.15, 0.2) is 22.2 Å². The molecule has 1 aliphatic rings. The molecular weight excluding hydrogens is 436 g/mol. The maximum Gasteiger partial charge on any atom is 0.280 e. The van der Waals surface area contributed by atoms with E-state index in [0.717, 1.165) is 22.8 Å². The van der Waals surface area contributed by atoms with Crippen molar-refractivity contribution in [1.82, 2.24) is 19.3 Å². The molecule has 2 aromatic heterocycles. The van der Waals surface area contributed by atoms with Crippen LogP contribution >= 0.6 is 11.8 Å². The topological polar surface area (TPSA) is 71.2 Å². The minimum absolute atomic E-state index is 0.0800. The zero-order valence-corrected chi connectivity index (χ0v) is 20.0. The predicted octanol–water partition coefficient (Wildman–Crippen LogP) is 4.61. The highest BCUT2D eigenvalue weighted by atomic mass is 32.2. The molecule has 7 nitrogen and oxygen atoms in total. The summed E-state index contributed by atoms with van der Waals surface area (Å²) in [7, 11) is 0. The molecule has 0 spiro atoms. The van der Waals surface area contributed by atoms with Crippen LogP contribution in [0.25, 0.3) is 11.0 Å². The van der Waals surface area contributed by atoms with Gasteiger partial charge in [0.1, 0.15) is 5.52 Å². The van der Waals surface area contributed by atoms with Crippen LogP contribution in [-0.4, -0.2) is 26.1 Å². The molecule has 0 atom stereocenters. The lowest BCUT2D eigenvalue weighted by atomic mass is 10.1. The number of hydrogen-bond donors (Lipinski definition) is 0. The molecule has 0 aliphatic carbocycles. The Morgan fingerprint density at radius 2 is 1.88 bits per heavy atom. The lowest BCUT2D eigenvalue weighted by molar-refractivity contribution is 0.174. The summed E-state index contributed by atoms with van der Waals surface area (Å²) in [5, 5.41) is 5.23. The van der Waals surface area contributed by atoms with Crippen molar-refractivity contribution in [2.24, 2.45) is 0 Å². The zero-order valence-electron chi connectivity index (χ0n) is 19.2. The second-order valence-corrected chi connectivity index (χ2v) is 9.23. The van der Waals surface area contributed by atoms with Gasteiger partial charge in [-0.25, -0.2) is 4.98 Å². The second kappa shape index (κ2) is 8.59. The number of aryl methyl sites for hydroxylation is 4. The van der Waals surface area contributed by atoms with Gasteiger partial charge in [-0.1, -0.05) is 41.6 Å². The van der Waals surface area contributed by atoms with Gasteiger partial charge >= 0.3 is 0 Å². The molecule has 170 valence electrons. The molecule has 5 rings (SSSR count). The molecule has 2 aromatic carbocycles. The fourth-order valence-electron chi connectivity index (χ4n) is 4.09. The zero-order chi connectivity index (χ0) is 23.1. The standard InChI is InChI=1S/C25H26N4O3S/c1-5-29-23-22(17(4)27-29)26-25(33-13-19-10-15(2)6-7-16(19)3)28(24(23)30)12-18-8-9-20-21(11-18)32-14-31-20/h6-11H,5,12-14H2,1-4H3. The quantitative estimate of drug-likeness (QED) is 0.308. The Balaban J connectivity index is 1.59. The van der Waals surface area contributed by atoms with E-state index in [0.29, 0.717) is 35.0 Å². The van der Waals surface area contributed by atoms with E-state index in [-0.39, 0.29) is 12.4 Å². The van der Waals surface area contributed by atoms with Gasteiger partial charge in [0.2, 0.25) is 6.79 Å². The van der Waals surface area contributed by atoms with Crippen LogP contribution in [0.1, 0.15) is 34.9 Å². The monoisotopic (exact) mass is 462 g/mol. The summed E-state index contributed by atoms with van der Waals surface area (Å²) >= 11 is 1.58. The van der Waals surface area contributed by atoms with Crippen molar-refractivity contribution in [1.29, 1.82) is 0 Å². The first-order valence-electron chi connectivity index (χ1n) is 11.0. The third-order valence-corrected chi connectivity index (χ3v) is 6.95. The van der Waals surface area contributed by atoms with Crippen LogP contribution in [0.2, 0.25) is 0 Å². The molecule has 0 saturated carbocycles.